The molecule has 35 heavy (non-hydrogen) atoms. The van der Waals surface area contributed by atoms with E-state index in [2.05, 4.69) is 14.5 Å². The standard InChI is InChI=1S/C26H30N4O4S/c1-28-22-9-5-4-8-20(22)21-18-19(10-11-23(21)28)35(31,32)30(17-16-29-14-6-7-15-29)24-12-13-25(33-2)27-26(24)34-3/h4-5,8-13,18H,6-7,14-17H2,1-3H3. The summed E-state index contributed by atoms with van der Waals surface area (Å²) in [6.07, 6.45) is 2.27. The Morgan fingerprint density at radius 1 is 0.943 bits per heavy atom. The number of ether oxygens (including phenoxy) is 2. The average Bonchev–Trinajstić information content (AvgIpc) is 3.50. The Hall–Kier alpha value is -3.30. The Morgan fingerprint density at radius 3 is 2.43 bits per heavy atom. The highest BCUT2D eigenvalue weighted by Gasteiger charge is 2.30. The van der Waals surface area contributed by atoms with Crippen molar-refractivity contribution in [3.05, 3.63) is 54.6 Å². The Labute approximate surface area is 205 Å². The van der Waals surface area contributed by atoms with Crippen molar-refractivity contribution in [1.29, 1.82) is 0 Å². The van der Waals surface area contributed by atoms with Crippen LogP contribution in [0, 0.1) is 0 Å². The van der Waals surface area contributed by atoms with E-state index in [4.69, 9.17) is 9.47 Å². The van der Waals surface area contributed by atoms with Crippen molar-refractivity contribution < 1.29 is 17.9 Å². The summed E-state index contributed by atoms with van der Waals surface area (Å²) in [5, 5.41) is 1.93. The molecule has 0 atom stereocenters. The van der Waals surface area contributed by atoms with Crippen molar-refractivity contribution >= 4 is 37.5 Å². The average molecular weight is 495 g/mol. The lowest BCUT2D eigenvalue weighted by molar-refractivity contribution is 0.346. The summed E-state index contributed by atoms with van der Waals surface area (Å²) in [6, 6.07) is 16.7. The minimum atomic E-state index is -3.91. The normalized spacial score (nSPS) is 14.6. The SMILES string of the molecule is COc1ccc(N(CCN2CCCC2)S(=O)(=O)c2ccc3c(c2)c2ccccc2n3C)c(OC)n1. The number of hydrogen-bond acceptors (Lipinski definition) is 6. The maximum absolute atomic E-state index is 14.1. The number of sulfonamides is 1. The van der Waals surface area contributed by atoms with Crippen LogP contribution in [0.5, 0.6) is 11.8 Å². The van der Waals surface area contributed by atoms with Crippen molar-refractivity contribution in [2.24, 2.45) is 7.05 Å². The van der Waals surface area contributed by atoms with E-state index in [9.17, 15) is 8.42 Å². The summed E-state index contributed by atoms with van der Waals surface area (Å²) in [5.41, 5.74) is 2.44. The molecule has 0 saturated carbocycles. The first-order valence-electron chi connectivity index (χ1n) is 11.8. The largest absolute Gasteiger partial charge is 0.481 e. The quantitative estimate of drug-likeness (QED) is 0.368. The van der Waals surface area contributed by atoms with Gasteiger partial charge in [-0.3, -0.25) is 4.31 Å². The van der Waals surface area contributed by atoms with E-state index < -0.39 is 10.0 Å². The minimum Gasteiger partial charge on any atom is -0.481 e. The van der Waals surface area contributed by atoms with Crippen molar-refractivity contribution in [3.63, 3.8) is 0 Å². The predicted octanol–water partition coefficient (Wildman–Crippen LogP) is 4.03. The number of anilines is 1. The Morgan fingerprint density at radius 2 is 1.69 bits per heavy atom. The van der Waals surface area contributed by atoms with Gasteiger partial charge in [-0.2, -0.15) is 4.98 Å². The molecule has 1 saturated heterocycles. The zero-order valence-electron chi connectivity index (χ0n) is 20.3. The second-order valence-electron chi connectivity index (χ2n) is 8.76. The van der Waals surface area contributed by atoms with Gasteiger partial charge >= 0.3 is 0 Å². The summed E-state index contributed by atoms with van der Waals surface area (Å²) >= 11 is 0. The maximum atomic E-state index is 14.1. The molecule has 9 heteroatoms. The lowest BCUT2D eigenvalue weighted by Gasteiger charge is -2.27. The van der Waals surface area contributed by atoms with Crippen LogP contribution in [-0.4, -0.2) is 63.3 Å². The second kappa shape index (κ2) is 9.39. The summed E-state index contributed by atoms with van der Waals surface area (Å²) in [6.45, 7) is 2.88. The van der Waals surface area contributed by atoms with Crippen LogP contribution in [0.25, 0.3) is 21.8 Å². The Balaban J connectivity index is 1.62. The molecule has 0 spiro atoms. The number of methoxy groups -OCH3 is 2. The summed E-state index contributed by atoms with van der Waals surface area (Å²) in [7, 11) is 1.08. The van der Waals surface area contributed by atoms with Crippen LogP contribution in [0.4, 0.5) is 5.69 Å². The minimum absolute atomic E-state index is 0.209. The lowest BCUT2D eigenvalue weighted by Crippen LogP contribution is -2.38. The van der Waals surface area contributed by atoms with Gasteiger partial charge in [0.15, 0.2) is 0 Å². The monoisotopic (exact) mass is 494 g/mol. The second-order valence-corrected chi connectivity index (χ2v) is 10.6. The molecule has 0 bridgehead atoms. The number of nitrogens with zero attached hydrogens (tertiary/aromatic N) is 4. The molecule has 1 fully saturated rings. The van der Waals surface area contributed by atoms with E-state index in [0.29, 0.717) is 24.7 Å². The summed E-state index contributed by atoms with van der Waals surface area (Å²) < 4.78 is 42.5. The molecule has 0 aliphatic carbocycles. The molecule has 0 unspecified atom stereocenters. The number of aromatic nitrogens is 2. The predicted molar refractivity (Wildman–Crippen MR) is 138 cm³/mol. The molecule has 2 aromatic carbocycles. The molecule has 0 N–H and O–H groups in total. The smallest absolute Gasteiger partial charge is 0.264 e. The van der Waals surface area contributed by atoms with E-state index >= 15 is 0 Å². The lowest BCUT2D eigenvalue weighted by atomic mass is 10.1. The van der Waals surface area contributed by atoms with E-state index in [1.54, 1.807) is 24.3 Å². The number of fused-ring (bicyclic) bond motifs is 3. The van der Waals surface area contributed by atoms with E-state index in [1.165, 1.54) is 18.5 Å². The van der Waals surface area contributed by atoms with Gasteiger partial charge in [-0.05, 0) is 56.3 Å². The van der Waals surface area contributed by atoms with Gasteiger partial charge in [-0.1, -0.05) is 18.2 Å². The fraction of sp³-hybridized carbons (Fsp3) is 0.346. The van der Waals surface area contributed by atoms with Crippen LogP contribution in [0.1, 0.15) is 12.8 Å². The van der Waals surface area contributed by atoms with Crippen LogP contribution < -0.4 is 13.8 Å². The van der Waals surface area contributed by atoms with Gasteiger partial charge in [0.25, 0.3) is 10.0 Å². The molecule has 1 aliphatic rings. The molecule has 184 valence electrons. The molecular formula is C26H30N4O4S. The molecule has 4 aromatic rings. The third-order valence-electron chi connectivity index (χ3n) is 6.78. The number of rotatable bonds is 8. The first-order chi connectivity index (χ1) is 16.9. The third kappa shape index (κ3) is 4.19. The number of para-hydroxylation sites is 1. The summed E-state index contributed by atoms with van der Waals surface area (Å²) in [4.78, 5) is 6.87. The van der Waals surface area contributed by atoms with Gasteiger partial charge < -0.3 is 18.9 Å². The highest BCUT2D eigenvalue weighted by molar-refractivity contribution is 7.92. The van der Waals surface area contributed by atoms with Crippen molar-refractivity contribution in [3.8, 4) is 11.8 Å². The molecule has 3 heterocycles. The Bertz CT molecular complexity index is 1480. The number of hydrogen-bond donors (Lipinski definition) is 0. The highest BCUT2D eigenvalue weighted by atomic mass is 32.2. The molecule has 0 amide bonds. The van der Waals surface area contributed by atoms with Gasteiger partial charge in [0.05, 0.1) is 19.1 Å². The van der Waals surface area contributed by atoms with Crippen LogP contribution in [-0.2, 0) is 17.1 Å². The van der Waals surface area contributed by atoms with Gasteiger partial charge in [0.1, 0.15) is 5.69 Å². The maximum Gasteiger partial charge on any atom is 0.264 e. The highest BCUT2D eigenvalue weighted by Crippen LogP contribution is 2.35. The molecule has 5 rings (SSSR count). The molecule has 2 aromatic heterocycles. The fourth-order valence-corrected chi connectivity index (χ4v) is 6.39. The number of benzene rings is 2. The fourth-order valence-electron chi connectivity index (χ4n) is 4.91. The van der Waals surface area contributed by atoms with E-state index in [0.717, 1.165) is 47.7 Å². The van der Waals surface area contributed by atoms with Gasteiger partial charge in [0, 0.05) is 48.0 Å². The molecular weight excluding hydrogens is 464 g/mol. The van der Waals surface area contributed by atoms with Crippen LogP contribution in [0.15, 0.2) is 59.5 Å². The van der Waals surface area contributed by atoms with Crippen LogP contribution >= 0.6 is 0 Å². The van der Waals surface area contributed by atoms with Crippen LogP contribution in [0.2, 0.25) is 0 Å². The van der Waals surface area contributed by atoms with Crippen molar-refractivity contribution in [1.82, 2.24) is 14.5 Å². The number of likely N-dealkylation sites (tertiary alicyclic amines) is 1. The number of pyridine rings is 1. The topological polar surface area (TPSA) is 76.9 Å². The third-order valence-corrected chi connectivity index (χ3v) is 8.59. The number of aryl methyl sites for hydroxylation is 1. The van der Waals surface area contributed by atoms with Gasteiger partial charge in [-0.25, -0.2) is 8.42 Å². The van der Waals surface area contributed by atoms with E-state index in [1.807, 2.05) is 37.4 Å². The molecule has 8 nitrogen and oxygen atoms in total. The summed E-state index contributed by atoms with van der Waals surface area (Å²) in [5.74, 6) is 0.570. The van der Waals surface area contributed by atoms with Crippen molar-refractivity contribution in [2.45, 2.75) is 17.7 Å². The zero-order chi connectivity index (χ0) is 24.6. The zero-order valence-corrected chi connectivity index (χ0v) is 21.1. The van der Waals surface area contributed by atoms with E-state index in [-0.39, 0.29) is 10.8 Å². The first kappa shape index (κ1) is 23.4. The molecule has 1 aliphatic heterocycles. The Kier molecular flexibility index (Phi) is 6.29. The van der Waals surface area contributed by atoms with Crippen molar-refractivity contribution in [2.75, 3.05) is 44.7 Å². The van der Waals surface area contributed by atoms with Gasteiger partial charge in [-0.15, -0.1) is 0 Å². The first-order valence-corrected chi connectivity index (χ1v) is 13.2. The molecule has 0 radical (unpaired) electrons. The van der Waals surface area contributed by atoms with Gasteiger partial charge in [0.2, 0.25) is 11.8 Å². The van der Waals surface area contributed by atoms with Crippen LogP contribution in [0.3, 0.4) is 0 Å².